The van der Waals surface area contributed by atoms with E-state index in [2.05, 4.69) is 44.7 Å². The molecule has 0 radical (unpaired) electrons. The van der Waals surface area contributed by atoms with Crippen molar-refractivity contribution in [1.29, 1.82) is 0 Å². The predicted molar refractivity (Wildman–Crippen MR) is 119 cm³/mol. The van der Waals surface area contributed by atoms with Crippen molar-refractivity contribution in [1.82, 2.24) is 25.7 Å². The minimum absolute atomic E-state index is 0.0585. The lowest BCUT2D eigenvalue weighted by Crippen LogP contribution is -2.33. The Morgan fingerprint density at radius 3 is 2.61 bits per heavy atom. The molecule has 0 spiro atoms. The standard InChI is InChI=1S/C23H22F3N5OS/c24-23(25,26)14-27-21(32)22-31-30-20(33-22)9-5-4-8-18-13-17-11-16(12-19(17)29-28-18)10-15-6-2-1-3-7-15/h1-3,6-7,11,13H,4-5,8-10,12,14H2,(H,27,32). The number of carbonyl (C=O) groups excluding carboxylic acids is 1. The monoisotopic (exact) mass is 473 g/mol. The van der Waals surface area contributed by atoms with Gasteiger partial charge >= 0.3 is 6.18 Å². The van der Waals surface area contributed by atoms with Crippen LogP contribution in [0, 0.1) is 0 Å². The van der Waals surface area contributed by atoms with Crippen LogP contribution in [0.15, 0.2) is 42.0 Å². The number of aryl methyl sites for hydroxylation is 2. The van der Waals surface area contributed by atoms with E-state index in [1.54, 1.807) is 5.32 Å². The van der Waals surface area contributed by atoms with Crippen molar-refractivity contribution < 1.29 is 18.0 Å². The second-order valence-electron chi connectivity index (χ2n) is 7.89. The Bertz CT molecular complexity index is 1140. The van der Waals surface area contributed by atoms with E-state index >= 15 is 0 Å². The fourth-order valence-corrected chi connectivity index (χ4v) is 4.40. The number of fused-ring (bicyclic) bond motifs is 1. The SMILES string of the molecule is O=C(NCC(F)(F)F)c1nnc(CCCCc2cc3c(nn2)CC(Cc2ccccc2)=C3)s1. The Morgan fingerprint density at radius 2 is 1.82 bits per heavy atom. The van der Waals surface area contributed by atoms with E-state index < -0.39 is 18.6 Å². The average molecular weight is 474 g/mol. The number of benzene rings is 1. The smallest absolute Gasteiger partial charge is 0.341 e. The van der Waals surface area contributed by atoms with Gasteiger partial charge in [0.05, 0.1) is 11.4 Å². The number of hydrogen-bond donors (Lipinski definition) is 1. The molecule has 1 aliphatic carbocycles. The number of unbranched alkanes of at least 4 members (excludes halogenated alkanes) is 1. The zero-order valence-corrected chi connectivity index (χ0v) is 18.5. The molecule has 2 aromatic heterocycles. The number of allylic oxidation sites excluding steroid dienone is 1. The summed E-state index contributed by atoms with van der Waals surface area (Å²) >= 11 is 1.02. The molecule has 0 unspecified atom stereocenters. The summed E-state index contributed by atoms with van der Waals surface area (Å²) < 4.78 is 36.6. The van der Waals surface area contributed by atoms with Crippen LogP contribution in [0.1, 0.15) is 50.2 Å². The molecule has 0 fully saturated rings. The molecule has 2 heterocycles. The molecule has 0 saturated heterocycles. The molecule has 33 heavy (non-hydrogen) atoms. The van der Waals surface area contributed by atoms with Gasteiger partial charge in [-0.25, -0.2) is 0 Å². The van der Waals surface area contributed by atoms with Crippen molar-refractivity contribution in [2.24, 2.45) is 0 Å². The van der Waals surface area contributed by atoms with Crippen LogP contribution < -0.4 is 5.32 Å². The molecule has 0 bridgehead atoms. The highest BCUT2D eigenvalue weighted by Crippen LogP contribution is 2.26. The number of carbonyl (C=O) groups is 1. The van der Waals surface area contributed by atoms with Gasteiger partial charge in [0, 0.05) is 12.8 Å². The summed E-state index contributed by atoms with van der Waals surface area (Å²) in [5, 5.41) is 18.7. The van der Waals surface area contributed by atoms with Crippen molar-refractivity contribution in [3.05, 3.63) is 74.5 Å². The van der Waals surface area contributed by atoms with Crippen molar-refractivity contribution in [3.8, 4) is 0 Å². The first-order valence-electron chi connectivity index (χ1n) is 10.6. The number of nitrogens with zero attached hydrogens (tertiary/aromatic N) is 4. The summed E-state index contributed by atoms with van der Waals surface area (Å²) in [6.07, 6.45) is 2.49. The maximum atomic E-state index is 12.2. The van der Waals surface area contributed by atoms with Gasteiger partial charge in [0.2, 0.25) is 5.01 Å². The number of halogens is 3. The van der Waals surface area contributed by atoms with Crippen molar-refractivity contribution in [3.63, 3.8) is 0 Å². The normalized spacial score (nSPS) is 13.0. The van der Waals surface area contributed by atoms with Crippen LogP contribution in [-0.2, 0) is 25.7 Å². The number of amides is 1. The average Bonchev–Trinajstić information content (AvgIpc) is 3.41. The molecule has 1 amide bonds. The van der Waals surface area contributed by atoms with E-state index in [0.717, 1.165) is 60.4 Å². The van der Waals surface area contributed by atoms with Gasteiger partial charge in [-0.05, 0) is 42.9 Å². The predicted octanol–water partition coefficient (Wildman–Crippen LogP) is 4.37. The maximum absolute atomic E-state index is 12.2. The topological polar surface area (TPSA) is 80.7 Å². The highest BCUT2D eigenvalue weighted by Gasteiger charge is 2.28. The van der Waals surface area contributed by atoms with E-state index in [-0.39, 0.29) is 5.01 Å². The Balaban J connectivity index is 1.23. The summed E-state index contributed by atoms with van der Waals surface area (Å²) in [7, 11) is 0. The van der Waals surface area contributed by atoms with Gasteiger partial charge in [-0.15, -0.1) is 10.2 Å². The molecule has 3 aromatic rings. The summed E-state index contributed by atoms with van der Waals surface area (Å²) in [6, 6.07) is 12.4. The minimum Gasteiger partial charge on any atom is -0.341 e. The van der Waals surface area contributed by atoms with Gasteiger partial charge in [0.15, 0.2) is 0 Å². The van der Waals surface area contributed by atoms with E-state index in [9.17, 15) is 18.0 Å². The number of nitrogens with one attached hydrogen (secondary N) is 1. The molecule has 4 rings (SSSR count). The molecular weight excluding hydrogens is 451 g/mol. The largest absolute Gasteiger partial charge is 0.405 e. The summed E-state index contributed by atoms with van der Waals surface area (Å²) in [4.78, 5) is 11.7. The molecule has 1 aromatic carbocycles. The molecule has 1 aliphatic rings. The quantitative estimate of drug-likeness (QED) is 0.467. The van der Waals surface area contributed by atoms with Crippen LogP contribution >= 0.6 is 11.3 Å². The fraction of sp³-hybridized carbons (Fsp3) is 0.348. The number of aromatic nitrogens is 4. The van der Waals surface area contributed by atoms with Crippen LogP contribution in [0.3, 0.4) is 0 Å². The van der Waals surface area contributed by atoms with Crippen LogP contribution in [0.4, 0.5) is 13.2 Å². The summed E-state index contributed by atoms with van der Waals surface area (Å²) in [6.45, 7) is -1.38. The molecule has 1 N–H and O–H groups in total. The molecule has 6 nitrogen and oxygen atoms in total. The first kappa shape index (κ1) is 23.0. The first-order valence-corrected chi connectivity index (χ1v) is 11.4. The van der Waals surface area contributed by atoms with Gasteiger partial charge in [-0.1, -0.05) is 53.3 Å². The molecule has 0 aliphatic heterocycles. The lowest BCUT2D eigenvalue weighted by Gasteiger charge is -2.05. The molecule has 0 atom stereocenters. The molecule has 172 valence electrons. The Kier molecular flexibility index (Phi) is 7.12. The second-order valence-corrected chi connectivity index (χ2v) is 8.95. The van der Waals surface area contributed by atoms with Gasteiger partial charge < -0.3 is 5.32 Å². The lowest BCUT2D eigenvalue weighted by molar-refractivity contribution is -0.123. The van der Waals surface area contributed by atoms with Crippen LogP contribution in [0.5, 0.6) is 0 Å². The number of rotatable bonds is 9. The van der Waals surface area contributed by atoms with E-state index in [1.807, 2.05) is 18.2 Å². The van der Waals surface area contributed by atoms with Gasteiger partial charge in [-0.2, -0.15) is 23.4 Å². The maximum Gasteiger partial charge on any atom is 0.405 e. The van der Waals surface area contributed by atoms with E-state index in [0.29, 0.717) is 11.4 Å². The summed E-state index contributed by atoms with van der Waals surface area (Å²) in [5.74, 6) is -0.857. The minimum atomic E-state index is -4.46. The Labute approximate surface area is 193 Å². The van der Waals surface area contributed by atoms with Gasteiger partial charge in [0.25, 0.3) is 5.91 Å². The van der Waals surface area contributed by atoms with Crippen molar-refractivity contribution in [2.45, 2.75) is 44.7 Å². The van der Waals surface area contributed by atoms with E-state index in [4.69, 9.17) is 0 Å². The van der Waals surface area contributed by atoms with Crippen LogP contribution in [0.2, 0.25) is 0 Å². The fourth-order valence-electron chi connectivity index (χ4n) is 3.60. The number of hydrogen-bond acceptors (Lipinski definition) is 6. The zero-order valence-electron chi connectivity index (χ0n) is 17.7. The third kappa shape index (κ3) is 6.67. The van der Waals surface area contributed by atoms with E-state index in [1.165, 1.54) is 11.1 Å². The second kappa shape index (κ2) is 10.2. The molecular formula is C23H22F3N5OS. The molecule has 0 saturated carbocycles. The Hall–Kier alpha value is -3.14. The summed E-state index contributed by atoms with van der Waals surface area (Å²) in [5.41, 5.74) is 5.67. The number of alkyl halides is 3. The van der Waals surface area contributed by atoms with Gasteiger partial charge in [-0.3, -0.25) is 4.79 Å². The van der Waals surface area contributed by atoms with Crippen LogP contribution in [0.25, 0.3) is 6.08 Å². The third-order valence-electron chi connectivity index (χ3n) is 5.17. The highest BCUT2D eigenvalue weighted by molar-refractivity contribution is 7.13. The molecule has 10 heteroatoms. The zero-order chi connectivity index (χ0) is 23.3. The van der Waals surface area contributed by atoms with Crippen molar-refractivity contribution in [2.75, 3.05) is 6.54 Å². The third-order valence-corrected chi connectivity index (χ3v) is 6.15. The first-order chi connectivity index (χ1) is 15.9. The lowest BCUT2D eigenvalue weighted by atomic mass is 10.0. The van der Waals surface area contributed by atoms with Crippen molar-refractivity contribution >= 4 is 23.3 Å². The highest BCUT2D eigenvalue weighted by atomic mass is 32.1. The van der Waals surface area contributed by atoms with Crippen LogP contribution in [-0.4, -0.2) is 39.0 Å². The van der Waals surface area contributed by atoms with Gasteiger partial charge in [0.1, 0.15) is 11.6 Å². The Morgan fingerprint density at radius 1 is 1.03 bits per heavy atom.